The Balaban J connectivity index is 2.34. The first-order valence-corrected chi connectivity index (χ1v) is 7.22. The lowest BCUT2D eigenvalue weighted by Crippen LogP contribution is -2.14. The fourth-order valence-corrected chi connectivity index (χ4v) is 3.08. The maximum Gasteiger partial charge on any atom is 0.262 e. The summed E-state index contributed by atoms with van der Waals surface area (Å²) in [5.74, 6) is 0. The summed E-state index contributed by atoms with van der Waals surface area (Å²) < 4.78 is 28.5. The Morgan fingerprint density at radius 1 is 1.42 bits per heavy atom. The normalized spacial score (nSPS) is 11.5. The van der Waals surface area contributed by atoms with Crippen molar-refractivity contribution < 1.29 is 8.42 Å². The molecule has 0 atom stereocenters. The quantitative estimate of drug-likeness (QED) is 0.873. The highest BCUT2D eigenvalue weighted by Crippen LogP contribution is 2.20. The van der Waals surface area contributed by atoms with Gasteiger partial charge in [0.05, 0.1) is 16.8 Å². The molecule has 0 aliphatic heterocycles. The number of aryl methyl sites for hydroxylation is 2. The first kappa shape index (κ1) is 13.6. The minimum Gasteiger partial charge on any atom is -0.326 e. The smallest absolute Gasteiger partial charge is 0.262 e. The molecule has 7 heteroatoms. The molecule has 0 saturated heterocycles. The van der Waals surface area contributed by atoms with E-state index in [2.05, 4.69) is 9.82 Å². The third-order valence-corrected chi connectivity index (χ3v) is 4.26. The van der Waals surface area contributed by atoms with E-state index in [1.165, 1.54) is 10.9 Å². The maximum atomic E-state index is 12.3. The molecule has 0 aliphatic rings. The molecule has 0 amide bonds. The molecule has 0 unspecified atom stereocenters. The number of sulfonamides is 1. The zero-order valence-electron chi connectivity index (χ0n) is 10.8. The molecular weight excluding hydrogens is 264 g/mol. The van der Waals surface area contributed by atoms with Crippen LogP contribution in [-0.4, -0.2) is 18.2 Å². The monoisotopic (exact) mass is 280 g/mol. The Morgan fingerprint density at radius 2 is 2.16 bits per heavy atom. The zero-order chi connectivity index (χ0) is 14.0. The van der Waals surface area contributed by atoms with Crippen molar-refractivity contribution in [3.05, 3.63) is 41.7 Å². The molecule has 0 bridgehead atoms. The highest BCUT2D eigenvalue weighted by atomic mass is 32.2. The topological polar surface area (TPSA) is 90.0 Å². The van der Waals surface area contributed by atoms with E-state index in [4.69, 9.17) is 5.73 Å². The maximum absolute atomic E-state index is 12.3. The zero-order valence-corrected chi connectivity index (χ0v) is 11.6. The van der Waals surface area contributed by atoms with Gasteiger partial charge in [-0.15, -0.1) is 0 Å². The van der Waals surface area contributed by atoms with Gasteiger partial charge in [-0.3, -0.25) is 9.40 Å². The summed E-state index contributed by atoms with van der Waals surface area (Å²) in [5.41, 5.74) is 7.53. The van der Waals surface area contributed by atoms with Crippen LogP contribution in [0.1, 0.15) is 11.1 Å². The van der Waals surface area contributed by atoms with Crippen LogP contribution in [0.15, 0.2) is 35.5 Å². The van der Waals surface area contributed by atoms with E-state index in [-0.39, 0.29) is 4.90 Å². The van der Waals surface area contributed by atoms with E-state index in [0.29, 0.717) is 17.8 Å². The summed E-state index contributed by atoms with van der Waals surface area (Å²) in [6.07, 6.45) is 3.06. The second-order valence-corrected chi connectivity index (χ2v) is 5.96. The fourth-order valence-electron chi connectivity index (χ4n) is 1.82. The molecular formula is C12H16N4O2S. The lowest BCUT2D eigenvalue weighted by molar-refractivity contribution is 0.600. The van der Waals surface area contributed by atoms with E-state index in [1.54, 1.807) is 38.4 Å². The summed E-state index contributed by atoms with van der Waals surface area (Å²) in [4.78, 5) is 0.244. The summed E-state index contributed by atoms with van der Waals surface area (Å²) in [6, 6.07) is 5.05. The van der Waals surface area contributed by atoms with E-state index in [9.17, 15) is 8.42 Å². The van der Waals surface area contributed by atoms with Gasteiger partial charge in [0.1, 0.15) is 0 Å². The Morgan fingerprint density at radius 3 is 2.68 bits per heavy atom. The second kappa shape index (κ2) is 5.02. The number of nitrogens with two attached hydrogens (primary N) is 1. The van der Waals surface area contributed by atoms with Gasteiger partial charge in [-0.05, 0) is 24.1 Å². The van der Waals surface area contributed by atoms with Gasteiger partial charge >= 0.3 is 0 Å². The fraction of sp³-hybridized carbons (Fsp3) is 0.250. The van der Waals surface area contributed by atoms with Gasteiger partial charge in [0.15, 0.2) is 0 Å². The first-order chi connectivity index (χ1) is 8.92. The predicted molar refractivity (Wildman–Crippen MR) is 73.1 cm³/mol. The Kier molecular flexibility index (Phi) is 3.59. The number of aromatic nitrogens is 2. The molecule has 19 heavy (non-hydrogen) atoms. The molecule has 0 radical (unpaired) electrons. The van der Waals surface area contributed by atoms with Gasteiger partial charge in [0, 0.05) is 19.8 Å². The lowest BCUT2D eigenvalue weighted by Gasteiger charge is -2.09. The van der Waals surface area contributed by atoms with Gasteiger partial charge in [-0.2, -0.15) is 5.10 Å². The molecule has 2 aromatic rings. The predicted octanol–water partition coefficient (Wildman–Crippen LogP) is 0.988. The van der Waals surface area contributed by atoms with Gasteiger partial charge < -0.3 is 5.73 Å². The molecule has 0 fully saturated rings. The van der Waals surface area contributed by atoms with E-state index in [1.807, 2.05) is 0 Å². The van der Waals surface area contributed by atoms with Crippen LogP contribution in [0.5, 0.6) is 0 Å². The number of hydrogen-bond acceptors (Lipinski definition) is 4. The molecule has 1 aromatic carbocycles. The van der Waals surface area contributed by atoms with Crippen molar-refractivity contribution in [2.75, 3.05) is 4.72 Å². The van der Waals surface area contributed by atoms with Crippen molar-refractivity contribution in [2.24, 2.45) is 12.8 Å². The van der Waals surface area contributed by atoms with Crippen molar-refractivity contribution in [3.8, 4) is 0 Å². The van der Waals surface area contributed by atoms with Gasteiger partial charge in [-0.1, -0.05) is 12.1 Å². The molecule has 102 valence electrons. The molecule has 2 rings (SSSR count). The third kappa shape index (κ3) is 2.94. The Bertz CT molecular complexity index is 692. The number of benzene rings is 1. The number of anilines is 1. The minimum atomic E-state index is -3.60. The molecule has 1 heterocycles. The van der Waals surface area contributed by atoms with Crippen LogP contribution in [0, 0.1) is 6.92 Å². The van der Waals surface area contributed by atoms with Crippen molar-refractivity contribution in [1.82, 2.24) is 9.78 Å². The Labute approximate surface area is 112 Å². The van der Waals surface area contributed by atoms with Crippen molar-refractivity contribution >= 4 is 15.7 Å². The van der Waals surface area contributed by atoms with Crippen LogP contribution >= 0.6 is 0 Å². The molecule has 0 aliphatic carbocycles. The largest absolute Gasteiger partial charge is 0.326 e. The summed E-state index contributed by atoms with van der Waals surface area (Å²) >= 11 is 0. The molecule has 0 spiro atoms. The van der Waals surface area contributed by atoms with Crippen LogP contribution in [-0.2, 0) is 23.6 Å². The van der Waals surface area contributed by atoms with Crippen molar-refractivity contribution in [3.63, 3.8) is 0 Å². The van der Waals surface area contributed by atoms with E-state index < -0.39 is 10.0 Å². The summed E-state index contributed by atoms with van der Waals surface area (Å²) in [5, 5.41) is 3.92. The second-order valence-electron chi connectivity index (χ2n) is 4.31. The highest BCUT2D eigenvalue weighted by molar-refractivity contribution is 7.92. The number of nitrogens with zero attached hydrogens (tertiary/aromatic N) is 2. The number of hydrogen-bond donors (Lipinski definition) is 2. The van der Waals surface area contributed by atoms with E-state index >= 15 is 0 Å². The average molecular weight is 280 g/mol. The highest BCUT2D eigenvalue weighted by Gasteiger charge is 2.17. The van der Waals surface area contributed by atoms with Crippen LogP contribution in [0.25, 0.3) is 0 Å². The first-order valence-electron chi connectivity index (χ1n) is 5.73. The summed E-state index contributed by atoms with van der Waals surface area (Å²) in [6.45, 7) is 2.13. The van der Waals surface area contributed by atoms with Crippen LogP contribution in [0.3, 0.4) is 0 Å². The van der Waals surface area contributed by atoms with Crippen molar-refractivity contribution in [2.45, 2.75) is 18.4 Å². The van der Waals surface area contributed by atoms with E-state index in [0.717, 1.165) is 5.56 Å². The molecule has 6 nitrogen and oxygen atoms in total. The third-order valence-electron chi connectivity index (χ3n) is 2.72. The standard InChI is InChI=1S/C12H16N4O2S/c1-9-5-10(6-13)3-4-12(9)19(17,18)15-11-7-14-16(2)8-11/h3-5,7-8,15H,6,13H2,1-2H3. The Hall–Kier alpha value is -1.86. The van der Waals surface area contributed by atoms with Gasteiger partial charge in [0.25, 0.3) is 10.0 Å². The number of rotatable bonds is 4. The van der Waals surface area contributed by atoms with Gasteiger partial charge in [-0.25, -0.2) is 8.42 Å². The minimum absolute atomic E-state index is 0.244. The van der Waals surface area contributed by atoms with Crippen LogP contribution in [0.2, 0.25) is 0 Å². The molecule has 0 saturated carbocycles. The van der Waals surface area contributed by atoms with Crippen LogP contribution in [0.4, 0.5) is 5.69 Å². The SMILES string of the molecule is Cc1cc(CN)ccc1S(=O)(=O)Nc1cnn(C)c1. The molecule has 1 aromatic heterocycles. The molecule has 3 N–H and O–H groups in total. The summed E-state index contributed by atoms with van der Waals surface area (Å²) in [7, 11) is -1.88. The average Bonchev–Trinajstić information content (AvgIpc) is 2.73. The van der Waals surface area contributed by atoms with Gasteiger partial charge in [0.2, 0.25) is 0 Å². The number of nitrogens with one attached hydrogen (secondary N) is 1. The van der Waals surface area contributed by atoms with Crippen molar-refractivity contribution in [1.29, 1.82) is 0 Å². The van der Waals surface area contributed by atoms with Crippen LogP contribution < -0.4 is 10.5 Å². The lowest BCUT2D eigenvalue weighted by atomic mass is 10.1.